The van der Waals surface area contributed by atoms with Gasteiger partial charge < -0.3 is 9.47 Å². The highest BCUT2D eigenvalue weighted by molar-refractivity contribution is 6.30. The molecule has 0 fully saturated rings. The minimum absolute atomic E-state index is 0.0837. The fourth-order valence-corrected chi connectivity index (χ4v) is 3.63. The summed E-state index contributed by atoms with van der Waals surface area (Å²) in [4.78, 5) is 25.5. The molecule has 0 aromatic heterocycles. The fraction of sp³-hybridized carbons (Fsp3) is 0.0714. The molecule has 164 valence electrons. The van der Waals surface area contributed by atoms with E-state index in [1.54, 1.807) is 18.2 Å². The molecule has 0 atom stereocenters. The third-order valence-electron chi connectivity index (χ3n) is 5.17. The Labute approximate surface area is 197 Å². The van der Waals surface area contributed by atoms with Gasteiger partial charge in [-0.1, -0.05) is 91.0 Å². The highest BCUT2D eigenvalue weighted by Crippen LogP contribution is 2.29. The lowest BCUT2D eigenvalue weighted by molar-refractivity contribution is 0.0546. The Bertz CT molecular complexity index is 1310. The predicted molar refractivity (Wildman–Crippen MR) is 131 cm³/mol. The predicted octanol–water partition coefficient (Wildman–Crippen LogP) is 6.76. The lowest BCUT2D eigenvalue weighted by Crippen LogP contribution is -2.14. The van der Waals surface area contributed by atoms with Crippen LogP contribution in [-0.2, 0) is 4.74 Å². The number of fused-ring (bicyclic) bond motifs is 1. The van der Waals surface area contributed by atoms with Crippen molar-refractivity contribution in [1.29, 1.82) is 0 Å². The van der Waals surface area contributed by atoms with Crippen LogP contribution in [0.4, 0.5) is 0 Å². The second kappa shape index (κ2) is 10.2. The van der Waals surface area contributed by atoms with Crippen LogP contribution in [0.5, 0.6) is 5.75 Å². The molecule has 0 aliphatic rings. The summed E-state index contributed by atoms with van der Waals surface area (Å²) in [7, 11) is 0. The van der Waals surface area contributed by atoms with E-state index in [2.05, 4.69) is 6.58 Å². The number of ether oxygens (including phenoxy) is 2. The molecule has 0 amide bonds. The smallest absolute Gasteiger partial charge is 0.342 e. The molecule has 33 heavy (non-hydrogen) atoms. The average molecular weight is 457 g/mol. The molecule has 0 aliphatic carbocycles. The molecule has 0 saturated heterocycles. The van der Waals surface area contributed by atoms with Gasteiger partial charge in [0.05, 0.1) is 0 Å². The molecule has 5 heteroatoms. The summed E-state index contributed by atoms with van der Waals surface area (Å²) in [5, 5.41) is 2.24. The summed E-state index contributed by atoms with van der Waals surface area (Å²) in [6.07, 6.45) is 1.50. The Kier molecular flexibility index (Phi) is 6.86. The molecule has 0 saturated carbocycles. The van der Waals surface area contributed by atoms with Crippen molar-refractivity contribution < 1.29 is 19.1 Å². The first-order valence-electron chi connectivity index (χ1n) is 10.4. The second-order valence-electron chi connectivity index (χ2n) is 7.34. The third kappa shape index (κ3) is 5.13. The fourth-order valence-electron chi connectivity index (χ4n) is 3.51. The first kappa shape index (κ1) is 22.3. The molecule has 0 bridgehead atoms. The van der Waals surface area contributed by atoms with Gasteiger partial charge in [0.2, 0.25) is 0 Å². The minimum Gasteiger partial charge on any atom is -0.485 e. The van der Waals surface area contributed by atoms with Crippen molar-refractivity contribution in [3.05, 3.63) is 114 Å². The molecule has 4 aromatic rings. The van der Waals surface area contributed by atoms with Crippen LogP contribution in [0.3, 0.4) is 0 Å². The van der Waals surface area contributed by atoms with Gasteiger partial charge in [0.1, 0.15) is 17.9 Å². The van der Waals surface area contributed by atoms with E-state index in [4.69, 9.17) is 21.1 Å². The number of Topliss-reactive ketones (excluding diaryl/α,β-unsaturated/α-hetero) is 1. The van der Waals surface area contributed by atoms with E-state index in [0.29, 0.717) is 27.3 Å². The molecule has 4 aromatic carbocycles. The van der Waals surface area contributed by atoms with E-state index in [1.165, 1.54) is 6.08 Å². The number of rotatable bonds is 8. The Balaban J connectivity index is 1.53. The summed E-state index contributed by atoms with van der Waals surface area (Å²) in [6, 6.07) is 25.8. The Morgan fingerprint density at radius 2 is 1.52 bits per heavy atom. The van der Waals surface area contributed by atoms with Gasteiger partial charge in [-0.05, 0) is 40.1 Å². The number of hydrogen-bond donors (Lipinski definition) is 0. The molecular weight excluding hydrogens is 436 g/mol. The SMILES string of the molecule is C=CCOC(=O)c1c(OCC(=O)c2ccc(-c3ccc(Cl)cc3)cc2)ccc2ccccc12. The number of esters is 1. The number of halogens is 1. The van der Waals surface area contributed by atoms with Crippen LogP contribution in [0.25, 0.3) is 21.9 Å². The van der Waals surface area contributed by atoms with Crippen LogP contribution in [-0.4, -0.2) is 25.0 Å². The van der Waals surface area contributed by atoms with Gasteiger partial charge in [-0.15, -0.1) is 0 Å². The maximum Gasteiger partial charge on any atom is 0.342 e. The van der Waals surface area contributed by atoms with Crippen LogP contribution in [0.15, 0.2) is 97.6 Å². The average Bonchev–Trinajstić information content (AvgIpc) is 2.86. The van der Waals surface area contributed by atoms with Gasteiger partial charge in [-0.2, -0.15) is 0 Å². The Morgan fingerprint density at radius 3 is 2.21 bits per heavy atom. The highest BCUT2D eigenvalue weighted by Gasteiger charge is 2.19. The molecule has 0 aliphatic heterocycles. The standard InChI is InChI=1S/C28H21ClO4/c1-2-17-32-28(31)27-24-6-4-3-5-21(24)13-16-26(27)33-18-25(30)22-9-7-19(8-10-22)20-11-14-23(29)15-12-20/h2-16H,1,17-18H2. The molecule has 0 spiro atoms. The molecule has 4 rings (SSSR count). The summed E-state index contributed by atoms with van der Waals surface area (Å²) in [5.41, 5.74) is 2.80. The van der Waals surface area contributed by atoms with Crippen LogP contribution in [0.1, 0.15) is 20.7 Å². The largest absolute Gasteiger partial charge is 0.485 e. The zero-order valence-electron chi connectivity index (χ0n) is 17.8. The van der Waals surface area contributed by atoms with Gasteiger partial charge in [0.15, 0.2) is 12.4 Å². The van der Waals surface area contributed by atoms with Crippen LogP contribution >= 0.6 is 11.6 Å². The number of hydrogen-bond acceptors (Lipinski definition) is 4. The molecule has 0 radical (unpaired) electrons. The maximum atomic E-state index is 12.8. The first-order chi connectivity index (χ1) is 16.1. The minimum atomic E-state index is -0.526. The third-order valence-corrected chi connectivity index (χ3v) is 5.42. The summed E-state index contributed by atoms with van der Waals surface area (Å²) in [6.45, 7) is 3.45. The first-order valence-corrected chi connectivity index (χ1v) is 10.8. The van der Waals surface area contributed by atoms with Crippen molar-refractivity contribution in [2.75, 3.05) is 13.2 Å². The maximum absolute atomic E-state index is 12.8. The molecule has 0 heterocycles. The highest BCUT2D eigenvalue weighted by atomic mass is 35.5. The van der Waals surface area contributed by atoms with E-state index in [9.17, 15) is 9.59 Å². The zero-order chi connectivity index (χ0) is 23.2. The lowest BCUT2D eigenvalue weighted by atomic mass is 10.0. The Morgan fingerprint density at radius 1 is 0.848 bits per heavy atom. The van der Waals surface area contributed by atoms with Crippen molar-refractivity contribution in [3.8, 4) is 16.9 Å². The topological polar surface area (TPSA) is 52.6 Å². The van der Waals surface area contributed by atoms with E-state index in [1.807, 2.05) is 66.7 Å². The van der Waals surface area contributed by atoms with Gasteiger partial charge in [-0.3, -0.25) is 4.79 Å². The summed E-state index contributed by atoms with van der Waals surface area (Å²) >= 11 is 5.95. The number of carbonyl (C=O) groups is 2. The molecular formula is C28H21ClO4. The van der Waals surface area contributed by atoms with Crippen molar-refractivity contribution in [2.24, 2.45) is 0 Å². The quantitative estimate of drug-likeness (QED) is 0.167. The summed E-state index contributed by atoms with van der Waals surface area (Å²) < 4.78 is 11.0. The number of benzene rings is 4. The molecule has 0 unspecified atom stereocenters. The second-order valence-corrected chi connectivity index (χ2v) is 7.78. The lowest BCUT2D eigenvalue weighted by Gasteiger charge is -2.13. The van der Waals surface area contributed by atoms with Crippen molar-refractivity contribution in [3.63, 3.8) is 0 Å². The van der Waals surface area contributed by atoms with E-state index in [0.717, 1.165) is 16.5 Å². The van der Waals surface area contributed by atoms with Crippen LogP contribution in [0.2, 0.25) is 5.02 Å². The normalized spacial score (nSPS) is 10.6. The van der Waals surface area contributed by atoms with E-state index in [-0.39, 0.29) is 19.0 Å². The molecule has 4 nitrogen and oxygen atoms in total. The molecule has 0 N–H and O–H groups in total. The summed E-state index contributed by atoms with van der Waals surface area (Å²) in [5.74, 6) is -0.424. The monoisotopic (exact) mass is 456 g/mol. The number of ketones is 1. The van der Waals surface area contributed by atoms with Gasteiger partial charge in [0, 0.05) is 10.6 Å². The zero-order valence-corrected chi connectivity index (χ0v) is 18.5. The van der Waals surface area contributed by atoms with Crippen LogP contribution < -0.4 is 4.74 Å². The van der Waals surface area contributed by atoms with Gasteiger partial charge in [0.25, 0.3) is 0 Å². The van der Waals surface area contributed by atoms with Gasteiger partial charge >= 0.3 is 5.97 Å². The van der Waals surface area contributed by atoms with Gasteiger partial charge in [-0.25, -0.2) is 4.79 Å². The van der Waals surface area contributed by atoms with E-state index >= 15 is 0 Å². The number of carbonyl (C=O) groups excluding carboxylic acids is 2. The van der Waals surface area contributed by atoms with Crippen LogP contribution in [0, 0.1) is 0 Å². The van der Waals surface area contributed by atoms with Crippen molar-refractivity contribution in [2.45, 2.75) is 0 Å². The van der Waals surface area contributed by atoms with Crippen molar-refractivity contribution >= 4 is 34.1 Å². The van der Waals surface area contributed by atoms with Crippen molar-refractivity contribution in [1.82, 2.24) is 0 Å². The van der Waals surface area contributed by atoms with E-state index < -0.39 is 5.97 Å². The Hall–Kier alpha value is -3.89.